The van der Waals surface area contributed by atoms with Crippen molar-refractivity contribution in [1.82, 2.24) is 0 Å². The minimum Gasteiger partial charge on any atom is -0.396 e. The molecule has 0 spiro atoms. The normalized spacial score (nSPS) is 32.0. The predicted octanol–water partition coefficient (Wildman–Crippen LogP) is 2.09. The molecule has 2 fully saturated rings. The fourth-order valence-electron chi connectivity index (χ4n) is 2.93. The molecule has 0 aromatic carbocycles. The minimum absolute atomic E-state index is 0.0743. The second-order valence-corrected chi connectivity index (χ2v) is 5.18. The third-order valence-corrected chi connectivity index (χ3v) is 4.41. The molecule has 2 aliphatic carbocycles. The van der Waals surface area contributed by atoms with E-state index in [4.69, 9.17) is 0 Å². The Morgan fingerprint density at radius 1 is 0.933 bits per heavy atom. The number of halogens is 2. The van der Waals surface area contributed by atoms with E-state index in [1.54, 1.807) is 0 Å². The number of hydrogen-bond donors (Lipinski definition) is 2. The number of alkyl halides is 2. The zero-order valence-corrected chi connectivity index (χ0v) is 8.81. The van der Waals surface area contributed by atoms with Gasteiger partial charge in [-0.25, -0.2) is 8.78 Å². The van der Waals surface area contributed by atoms with Crippen LogP contribution in [0, 0.1) is 5.41 Å². The highest BCUT2D eigenvalue weighted by molar-refractivity contribution is 5.06. The number of hydrogen-bond acceptors (Lipinski definition) is 2. The molecule has 0 aliphatic heterocycles. The van der Waals surface area contributed by atoms with Crippen molar-refractivity contribution in [3.63, 3.8) is 0 Å². The lowest BCUT2D eigenvalue weighted by Crippen LogP contribution is -2.57. The van der Waals surface area contributed by atoms with Gasteiger partial charge in [-0.05, 0) is 25.7 Å². The van der Waals surface area contributed by atoms with Crippen molar-refractivity contribution in [3.8, 4) is 0 Å². The summed E-state index contributed by atoms with van der Waals surface area (Å²) < 4.78 is 26.0. The predicted molar refractivity (Wildman–Crippen MR) is 51.7 cm³/mol. The molecule has 15 heavy (non-hydrogen) atoms. The number of aliphatic hydroxyl groups is 2. The van der Waals surface area contributed by atoms with Crippen LogP contribution in [0.2, 0.25) is 0 Å². The van der Waals surface area contributed by atoms with Crippen LogP contribution in [0.3, 0.4) is 0 Å². The Kier molecular flexibility index (Phi) is 2.54. The highest BCUT2D eigenvalue weighted by Crippen LogP contribution is 2.55. The zero-order valence-electron chi connectivity index (χ0n) is 8.81. The Hall–Kier alpha value is -0.220. The molecule has 0 aromatic rings. The summed E-state index contributed by atoms with van der Waals surface area (Å²) in [7, 11) is 0. The first-order valence-electron chi connectivity index (χ1n) is 5.64. The van der Waals surface area contributed by atoms with Crippen LogP contribution in [0.15, 0.2) is 0 Å². The smallest absolute Gasteiger partial charge is 0.248 e. The first-order valence-corrected chi connectivity index (χ1v) is 5.64. The van der Waals surface area contributed by atoms with Gasteiger partial charge in [-0.2, -0.15) is 0 Å². The molecular formula is C11H18F2O2. The Balaban J connectivity index is 2.08. The van der Waals surface area contributed by atoms with E-state index in [0.717, 1.165) is 19.3 Å². The van der Waals surface area contributed by atoms with Gasteiger partial charge in [0.15, 0.2) is 0 Å². The molecular weight excluding hydrogens is 202 g/mol. The molecule has 0 unspecified atom stereocenters. The van der Waals surface area contributed by atoms with E-state index in [-0.39, 0.29) is 32.3 Å². The summed E-state index contributed by atoms with van der Waals surface area (Å²) in [5.74, 6) is -2.62. The average Bonchev–Trinajstić information content (AvgIpc) is 2.10. The summed E-state index contributed by atoms with van der Waals surface area (Å²) in [6.07, 6.45) is 2.29. The topological polar surface area (TPSA) is 40.5 Å². The van der Waals surface area contributed by atoms with Gasteiger partial charge >= 0.3 is 0 Å². The largest absolute Gasteiger partial charge is 0.396 e. The van der Waals surface area contributed by atoms with Crippen LogP contribution in [-0.4, -0.2) is 28.3 Å². The summed E-state index contributed by atoms with van der Waals surface area (Å²) in [5, 5.41) is 19.7. The lowest BCUT2D eigenvalue weighted by atomic mass is 9.55. The van der Waals surface area contributed by atoms with E-state index >= 15 is 0 Å². The molecule has 0 atom stereocenters. The molecule has 4 heteroatoms. The minimum atomic E-state index is -2.62. The van der Waals surface area contributed by atoms with Gasteiger partial charge < -0.3 is 10.2 Å². The van der Waals surface area contributed by atoms with Gasteiger partial charge in [0.05, 0.1) is 12.2 Å². The van der Waals surface area contributed by atoms with Crippen molar-refractivity contribution in [1.29, 1.82) is 0 Å². The van der Waals surface area contributed by atoms with Crippen LogP contribution < -0.4 is 0 Å². The average molecular weight is 220 g/mol. The molecule has 0 bridgehead atoms. The van der Waals surface area contributed by atoms with Crippen LogP contribution in [0.5, 0.6) is 0 Å². The first-order chi connectivity index (χ1) is 6.93. The highest BCUT2D eigenvalue weighted by atomic mass is 19.3. The summed E-state index contributed by atoms with van der Waals surface area (Å²) in [5.41, 5.74) is -1.54. The maximum atomic E-state index is 13.0. The molecule has 0 saturated heterocycles. The first kappa shape index (κ1) is 11.3. The van der Waals surface area contributed by atoms with Crippen molar-refractivity contribution >= 4 is 0 Å². The summed E-state index contributed by atoms with van der Waals surface area (Å²) in [4.78, 5) is 0. The lowest BCUT2D eigenvalue weighted by Gasteiger charge is -2.54. The third-order valence-electron chi connectivity index (χ3n) is 4.41. The van der Waals surface area contributed by atoms with Crippen LogP contribution >= 0.6 is 0 Å². The molecule has 0 radical (unpaired) electrons. The van der Waals surface area contributed by atoms with E-state index in [2.05, 4.69) is 0 Å². The Morgan fingerprint density at radius 3 is 1.80 bits per heavy atom. The fraction of sp³-hybridized carbons (Fsp3) is 1.00. The fourth-order valence-corrected chi connectivity index (χ4v) is 2.93. The van der Waals surface area contributed by atoms with Gasteiger partial charge in [0.25, 0.3) is 0 Å². The monoisotopic (exact) mass is 220 g/mol. The summed E-state index contributed by atoms with van der Waals surface area (Å²) in [6, 6.07) is 0. The molecule has 2 nitrogen and oxygen atoms in total. The van der Waals surface area contributed by atoms with E-state index in [0.29, 0.717) is 0 Å². The van der Waals surface area contributed by atoms with Gasteiger partial charge in [0.2, 0.25) is 5.92 Å². The molecule has 88 valence electrons. The SMILES string of the molecule is OCC1(C2(O)CCC(F)(F)CC2)CCC1. The van der Waals surface area contributed by atoms with E-state index < -0.39 is 16.9 Å². The van der Waals surface area contributed by atoms with Gasteiger partial charge in [-0.15, -0.1) is 0 Å². The van der Waals surface area contributed by atoms with Gasteiger partial charge in [0.1, 0.15) is 0 Å². The van der Waals surface area contributed by atoms with Crippen LogP contribution in [-0.2, 0) is 0 Å². The maximum absolute atomic E-state index is 13.0. The molecule has 2 rings (SSSR count). The van der Waals surface area contributed by atoms with Crippen LogP contribution in [0.4, 0.5) is 8.78 Å². The summed E-state index contributed by atoms with van der Waals surface area (Å²) in [6.45, 7) is -0.0743. The van der Waals surface area contributed by atoms with Gasteiger partial charge in [-0.3, -0.25) is 0 Å². The molecule has 0 amide bonds. The Bertz CT molecular complexity index is 233. The van der Waals surface area contributed by atoms with Gasteiger partial charge in [-0.1, -0.05) is 6.42 Å². The molecule has 2 N–H and O–H groups in total. The van der Waals surface area contributed by atoms with Gasteiger partial charge in [0, 0.05) is 18.3 Å². The molecule has 2 aliphatic rings. The number of aliphatic hydroxyl groups excluding tert-OH is 1. The maximum Gasteiger partial charge on any atom is 0.248 e. The van der Waals surface area contributed by atoms with Crippen molar-refractivity contribution in [3.05, 3.63) is 0 Å². The summed E-state index contributed by atoms with van der Waals surface area (Å²) >= 11 is 0. The van der Waals surface area contributed by atoms with Crippen LogP contribution in [0.25, 0.3) is 0 Å². The van der Waals surface area contributed by atoms with E-state index in [1.165, 1.54) is 0 Å². The Labute approximate surface area is 88.3 Å². The molecule has 0 heterocycles. The van der Waals surface area contributed by atoms with Crippen molar-refractivity contribution in [2.45, 2.75) is 56.5 Å². The molecule has 0 aromatic heterocycles. The standard InChI is InChI=1S/C11H18F2O2/c12-11(13)6-4-10(15,5-7-11)9(8-14)2-1-3-9/h14-15H,1-8H2. The van der Waals surface area contributed by atoms with E-state index in [1.807, 2.05) is 0 Å². The number of rotatable bonds is 2. The highest BCUT2D eigenvalue weighted by Gasteiger charge is 2.56. The second-order valence-electron chi connectivity index (χ2n) is 5.18. The van der Waals surface area contributed by atoms with E-state index in [9.17, 15) is 19.0 Å². The zero-order chi connectivity index (χ0) is 11.2. The second kappa shape index (κ2) is 3.39. The van der Waals surface area contributed by atoms with Crippen molar-refractivity contribution in [2.24, 2.45) is 5.41 Å². The lowest BCUT2D eigenvalue weighted by molar-refractivity contribution is -0.197. The third kappa shape index (κ3) is 1.68. The quantitative estimate of drug-likeness (QED) is 0.748. The Morgan fingerprint density at radius 2 is 1.47 bits per heavy atom. The molecule has 2 saturated carbocycles. The van der Waals surface area contributed by atoms with Crippen molar-refractivity contribution in [2.75, 3.05) is 6.61 Å². The van der Waals surface area contributed by atoms with Crippen molar-refractivity contribution < 1.29 is 19.0 Å². The van der Waals surface area contributed by atoms with Crippen LogP contribution in [0.1, 0.15) is 44.9 Å².